The van der Waals surface area contributed by atoms with Crippen LogP contribution in [0.3, 0.4) is 0 Å². The number of anilines is 2. The molecule has 0 radical (unpaired) electrons. The van der Waals surface area contributed by atoms with Gasteiger partial charge in [0, 0.05) is 0 Å². The molecule has 0 atom stereocenters. The molecule has 0 amide bonds. The molecule has 1 aromatic rings. The Labute approximate surface area is 67.4 Å². The lowest BCUT2D eigenvalue weighted by atomic mass is 10.5. The van der Waals surface area contributed by atoms with E-state index in [2.05, 4.69) is 9.97 Å². The third-order valence-corrected chi connectivity index (χ3v) is 1.72. The molecule has 11 heavy (non-hydrogen) atoms. The highest BCUT2D eigenvalue weighted by molar-refractivity contribution is 8.04. The van der Waals surface area contributed by atoms with Gasteiger partial charge in [0.05, 0.1) is 0 Å². The first-order valence-electron chi connectivity index (χ1n) is 2.67. The number of hydrogen-bond acceptors (Lipinski definition) is 6. The van der Waals surface area contributed by atoms with E-state index in [4.69, 9.17) is 16.7 Å². The second kappa shape index (κ2) is 3.07. The Bertz CT molecular complexity index is 284. The summed E-state index contributed by atoms with van der Waals surface area (Å²) in [5, 5.41) is 10.2. The highest BCUT2D eigenvalue weighted by Gasteiger charge is 2.05. The average molecular weight is 167 g/mol. The number of nitriles is 1. The Morgan fingerprint density at radius 2 is 1.91 bits per heavy atom. The summed E-state index contributed by atoms with van der Waals surface area (Å²) in [4.78, 5) is 7.77. The topological polar surface area (TPSA) is 102 Å². The van der Waals surface area contributed by atoms with Gasteiger partial charge < -0.3 is 11.5 Å². The number of thioether (sulfide) groups is 1. The quantitative estimate of drug-likeness (QED) is 0.458. The van der Waals surface area contributed by atoms with E-state index in [1.165, 1.54) is 6.33 Å². The normalized spacial score (nSPS) is 9.00. The molecule has 0 saturated carbocycles. The Morgan fingerprint density at radius 1 is 1.36 bits per heavy atom. The van der Waals surface area contributed by atoms with Gasteiger partial charge in [-0.2, -0.15) is 5.26 Å². The first-order chi connectivity index (χ1) is 5.25. The number of nitrogen functional groups attached to an aromatic ring is 2. The van der Waals surface area contributed by atoms with Crippen LogP contribution in [-0.4, -0.2) is 9.97 Å². The van der Waals surface area contributed by atoms with Crippen molar-refractivity contribution in [2.45, 2.75) is 4.90 Å². The molecule has 0 aliphatic heterocycles. The fourth-order valence-electron chi connectivity index (χ4n) is 0.552. The van der Waals surface area contributed by atoms with Crippen molar-refractivity contribution in [3.05, 3.63) is 6.33 Å². The van der Waals surface area contributed by atoms with Crippen LogP contribution in [0.5, 0.6) is 0 Å². The van der Waals surface area contributed by atoms with Gasteiger partial charge in [-0.3, -0.25) is 0 Å². The first-order valence-corrected chi connectivity index (χ1v) is 3.49. The maximum atomic E-state index is 8.31. The summed E-state index contributed by atoms with van der Waals surface area (Å²) in [6, 6.07) is 0. The van der Waals surface area contributed by atoms with Crippen molar-refractivity contribution in [2.24, 2.45) is 0 Å². The van der Waals surface area contributed by atoms with E-state index in [1.54, 1.807) is 0 Å². The lowest BCUT2D eigenvalue weighted by molar-refractivity contribution is 1.13. The molecule has 0 aliphatic carbocycles. The zero-order chi connectivity index (χ0) is 8.27. The van der Waals surface area contributed by atoms with Gasteiger partial charge in [-0.05, 0) is 11.8 Å². The zero-order valence-corrected chi connectivity index (χ0v) is 6.30. The van der Waals surface area contributed by atoms with Crippen molar-refractivity contribution in [3.8, 4) is 5.40 Å². The predicted octanol–water partition coefficient (Wildman–Crippen LogP) is 0.214. The lowest BCUT2D eigenvalue weighted by Crippen LogP contribution is -1.99. The molecule has 56 valence electrons. The van der Waals surface area contributed by atoms with Crippen molar-refractivity contribution in [1.29, 1.82) is 5.26 Å². The Morgan fingerprint density at radius 3 is 2.36 bits per heavy atom. The van der Waals surface area contributed by atoms with Crippen molar-refractivity contribution >= 4 is 23.4 Å². The molecule has 0 aliphatic rings. The van der Waals surface area contributed by atoms with Gasteiger partial charge in [0.15, 0.2) is 0 Å². The molecule has 0 aromatic carbocycles. The number of rotatable bonds is 1. The highest BCUT2D eigenvalue weighted by Crippen LogP contribution is 2.25. The van der Waals surface area contributed by atoms with E-state index in [9.17, 15) is 0 Å². The zero-order valence-electron chi connectivity index (χ0n) is 5.48. The maximum absolute atomic E-state index is 8.31. The van der Waals surface area contributed by atoms with Gasteiger partial charge >= 0.3 is 0 Å². The third kappa shape index (κ3) is 1.50. The number of nitrogens with zero attached hydrogens (tertiary/aromatic N) is 3. The van der Waals surface area contributed by atoms with Crippen LogP contribution in [0, 0.1) is 10.7 Å². The van der Waals surface area contributed by atoms with Gasteiger partial charge in [0.25, 0.3) is 0 Å². The largest absolute Gasteiger partial charge is 0.383 e. The molecule has 5 nitrogen and oxygen atoms in total. The molecule has 0 spiro atoms. The fraction of sp³-hybridized carbons (Fsp3) is 0. The molecule has 0 bridgehead atoms. The van der Waals surface area contributed by atoms with Gasteiger partial charge in [-0.15, -0.1) is 0 Å². The SMILES string of the molecule is N#CSc1c(N)ncnc1N. The molecule has 6 heteroatoms. The molecule has 1 heterocycles. The summed E-state index contributed by atoms with van der Waals surface area (Å²) in [7, 11) is 0. The fourth-order valence-corrected chi connectivity index (χ4v) is 0.958. The number of thiocyanates is 1. The Balaban J connectivity index is 3.12. The minimum Gasteiger partial charge on any atom is -0.383 e. The first kappa shape index (κ1) is 7.63. The van der Waals surface area contributed by atoms with E-state index >= 15 is 0 Å². The van der Waals surface area contributed by atoms with Crippen LogP contribution < -0.4 is 11.5 Å². The minimum absolute atomic E-state index is 0.240. The van der Waals surface area contributed by atoms with Gasteiger partial charge in [0.2, 0.25) is 0 Å². The summed E-state index contributed by atoms with van der Waals surface area (Å²) in [5.41, 5.74) is 10.8. The van der Waals surface area contributed by atoms with E-state index in [0.29, 0.717) is 4.90 Å². The number of aromatic nitrogens is 2. The van der Waals surface area contributed by atoms with Crippen LogP contribution in [-0.2, 0) is 0 Å². The van der Waals surface area contributed by atoms with Crippen LogP contribution in [0.1, 0.15) is 0 Å². The molecule has 0 unspecified atom stereocenters. The summed E-state index contributed by atoms with van der Waals surface area (Å²) in [5.74, 6) is 0.480. The van der Waals surface area contributed by atoms with Crippen LogP contribution in [0.2, 0.25) is 0 Å². The second-order valence-corrected chi connectivity index (χ2v) is 2.46. The molecule has 1 rings (SSSR count). The van der Waals surface area contributed by atoms with E-state index < -0.39 is 0 Å². The average Bonchev–Trinajstić information content (AvgIpc) is 1.97. The number of hydrogen-bond donors (Lipinski definition) is 2. The molecule has 0 saturated heterocycles. The van der Waals surface area contributed by atoms with Gasteiger partial charge in [-0.25, -0.2) is 9.97 Å². The Kier molecular flexibility index (Phi) is 2.13. The van der Waals surface area contributed by atoms with Crippen LogP contribution in [0.15, 0.2) is 11.2 Å². The lowest BCUT2D eigenvalue weighted by Gasteiger charge is -1.99. The number of nitrogens with two attached hydrogens (primary N) is 2. The third-order valence-electron chi connectivity index (χ3n) is 1.01. The van der Waals surface area contributed by atoms with Crippen molar-refractivity contribution in [1.82, 2.24) is 9.97 Å². The molecule has 4 N–H and O–H groups in total. The van der Waals surface area contributed by atoms with Crippen LogP contribution >= 0.6 is 11.8 Å². The maximum Gasteiger partial charge on any atom is 0.143 e. The Hall–Kier alpha value is -1.48. The standard InChI is InChI=1S/C5H5N5S/c6-1-11-3-4(7)9-2-10-5(3)8/h2H,(H4,7,8,9,10). The van der Waals surface area contributed by atoms with Gasteiger partial charge in [0.1, 0.15) is 28.3 Å². The summed E-state index contributed by atoms with van der Waals surface area (Å²) >= 11 is 0.859. The van der Waals surface area contributed by atoms with Crippen molar-refractivity contribution in [3.63, 3.8) is 0 Å². The molecular weight excluding hydrogens is 162 g/mol. The predicted molar refractivity (Wildman–Crippen MR) is 42.3 cm³/mol. The summed E-state index contributed by atoms with van der Waals surface area (Å²) in [6.45, 7) is 0. The smallest absolute Gasteiger partial charge is 0.143 e. The van der Waals surface area contributed by atoms with Crippen LogP contribution in [0.4, 0.5) is 11.6 Å². The van der Waals surface area contributed by atoms with E-state index in [0.717, 1.165) is 11.8 Å². The highest BCUT2D eigenvalue weighted by atomic mass is 32.2. The van der Waals surface area contributed by atoms with Crippen LogP contribution in [0.25, 0.3) is 0 Å². The van der Waals surface area contributed by atoms with Gasteiger partial charge in [-0.1, -0.05) is 0 Å². The van der Waals surface area contributed by atoms with E-state index in [1.807, 2.05) is 5.40 Å². The summed E-state index contributed by atoms with van der Waals surface area (Å²) in [6.07, 6.45) is 1.26. The van der Waals surface area contributed by atoms with Crippen molar-refractivity contribution < 1.29 is 0 Å². The second-order valence-electron chi connectivity index (χ2n) is 1.67. The summed E-state index contributed by atoms with van der Waals surface area (Å²) < 4.78 is 0. The minimum atomic E-state index is 0.240. The molecular formula is C5H5N5S. The van der Waals surface area contributed by atoms with E-state index in [-0.39, 0.29) is 11.6 Å². The monoisotopic (exact) mass is 167 g/mol. The van der Waals surface area contributed by atoms with Crippen molar-refractivity contribution in [2.75, 3.05) is 11.5 Å². The molecule has 0 fully saturated rings. The molecule has 1 aromatic heterocycles.